The highest BCUT2D eigenvalue weighted by molar-refractivity contribution is 7.98. The minimum Gasteiger partial charge on any atom is -0.226 e. The average molecular weight is 366 g/mol. The SMILES string of the molecule is Cc1nc(SCc2cccc(F)c2)c2c(-c3ccccc3)csc2n1. The lowest BCUT2D eigenvalue weighted by molar-refractivity contribution is 0.626. The molecule has 5 heteroatoms. The zero-order valence-electron chi connectivity index (χ0n) is 13.6. The van der Waals surface area contributed by atoms with Crippen LogP contribution in [0.1, 0.15) is 11.4 Å². The van der Waals surface area contributed by atoms with Crippen LogP contribution in [-0.2, 0) is 5.75 Å². The molecule has 0 bridgehead atoms. The summed E-state index contributed by atoms with van der Waals surface area (Å²) in [6.45, 7) is 1.91. The summed E-state index contributed by atoms with van der Waals surface area (Å²) in [5.74, 6) is 1.23. The van der Waals surface area contributed by atoms with Gasteiger partial charge >= 0.3 is 0 Å². The predicted octanol–water partition coefficient (Wildman–Crippen LogP) is 6.10. The van der Waals surface area contributed by atoms with Gasteiger partial charge in [-0.25, -0.2) is 14.4 Å². The molecule has 0 aliphatic rings. The topological polar surface area (TPSA) is 25.8 Å². The van der Waals surface area contributed by atoms with Crippen LogP contribution >= 0.6 is 23.1 Å². The van der Waals surface area contributed by atoms with Crippen LogP contribution in [0.2, 0.25) is 0 Å². The maximum atomic E-state index is 13.4. The van der Waals surface area contributed by atoms with E-state index in [0.717, 1.165) is 37.8 Å². The minimum atomic E-state index is -0.206. The van der Waals surface area contributed by atoms with Crippen molar-refractivity contribution in [3.05, 3.63) is 77.2 Å². The van der Waals surface area contributed by atoms with Gasteiger partial charge in [0.2, 0.25) is 0 Å². The number of nitrogens with zero attached hydrogens (tertiary/aromatic N) is 2. The number of thiophene rings is 1. The van der Waals surface area contributed by atoms with Gasteiger partial charge in [0.15, 0.2) is 0 Å². The number of benzene rings is 2. The van der Waals surface area contributed by atoms with Crippen molar-refractivity contribution in [3.8, 4) is 11.1 Å². The van der Waals surface area contributed by atoms with Crippen molar-refractivity contribution in [2.45, 2.75) is 17.7 Å². The Morgan fingerprint density at radius 2 is 1.88 bits per heavy atom. The number of hydrogen-bond acceptors (Lipinski definition) is 4. The molecule has 0 atom stereocenters. The molecule has 2 heterocycles. The van der Waals surface area contributed by atoms with Crippen molar-refractivity contribution in [2.24, 2.45) is 0 Å². The summed E-state index contributed by atoms with van der Waals surface area (Å²) in [7, 11) is 0. The van der Waals surface area contributed by atoms with E-state index in [1.54, 1.807) is 35.2 Å². The van der Waals surface area contributed by atoms with Gasteiger partial charge in [0.25, 0.3) is 0 Å². The molecule has 0 aliphatic heterocycles. The van der Waals surface area contributed by atoms with Crippen molar-refractivity contribution in [3.63, 3.8) is 0 Å². The number of fused-ring (bicyclic) bond motifs is 1. The van der Waals surface area contributed by atoms with Crippen molar-refractivity contribution >= 4 is 33.3 Å². The fraction of sp³-hybridized carbons (Fsp3) is 0.100. The molecule has 124 valence electrons. The van der Waals surface area contributed by atoms with Gasteiger partial charge in [0.1, 0.15) is 21.5 Å². The molecule has 0 radical (unpaired) electrons. The van der Waals surface area contributed by atoms with Crippen LogP contribution in [0.4, 0.5) is 4.39 Å². The highest BCUT2D eigenvalue weighted by Gasteiger charge is 2.15. The Balaban J connectivity index is 1.76. The molecule has 0 amide bonds. The molecule has 0 N–H and O–H groups in total. The maximum absolute atomic E-state index is 13.4. The molecule has 4 aromatic rings. The average Bonchev–Trinajstić information content (AvgIpc) is 3.04. The zero-order chi connectivity index (χ0) is 17.2. The lowest BCUT2D eigenvalue weighted by Gasteiger charge is -2.07. The summed E-state index contributed by atoms with van der Waals surface area (Å²) >= 11 is 3.27. The maximum Gasteiger partial charge on any atom is 0.128 e. The molecule has 0 saturated carbocycles. The fourth-order valence-corrected chi connectivity index (χ4v) is 4.81. The summed E-state index contributed by atoms with van der Waals surface area (Å²) in [4.78, 5) is 10.2. The van der Waals surface area contributed by atoms with Gasteiger partial charge < -0.3 is 0 Å². The van der Waals surface area contributed by atoms with Crippen LogP contribution in [0.15, 0.2) is 65.0 Å². The van der Waals surface area contributed by atoms with Crippen LogP contribution in [0.3, 0.4) is 0 Å². The number of hydrogen-bond donors (Lipinski definition) is 0. The molecule has 0 saturated heterocycles. The molecular formula is C20H15FN2S2. The fourth-order valence-electron chi connectivity index (χ4n) is 2.72. The molecule has 0 fully saturated rings. The first-order valence-electron chi connectivity index (χ1n) is 7.89. The Bertz CT molecular complexity index is 1030. The van der Waals surface area contributed by atoms with Crippen LogP contribution in [0.25, 0.3) is 21.3 Å². The van der Waals surface area contributed by atoms with Crippen molar-refractivity contribution in [1.82, 2.24) is 9.97 Å². The van der Waals surface area contributed by atoms with Crippen molar-refractivity contribution in [2.75, 3.05) is 0 Å². The van der Waals surface area contributed by atoms with E-state index in [1.165, 1.54) is 6.07 Å². The number of halogens is 1. The van der Waals surface area contributed by atoms with E-state index in [2.05, 4.69) is 27.5 Å². The van der Waals surface area contributed by atoms with E-state index in [1.807, 2.05) is 31.2 Å². The third-order valence-electron chi connectivity index (χ3n) is 3.86. The summed E-state index contributed by atoms with van der Waals surface area (Å²) in [6.07, 6.45) is 0. The minimum absolute atomic E-state index is 0.206. The monoisotopic (exact) mass is 366 g/mol. The largest absolute Gasteiger partial charge is 0.226 e. The smallest absolute Gasteiger partial charge is 0.128 e. The second kappa shape index (κ2) is 6.94. The second-order valence-corrected chi connectivity index (χ2v) is 7.51. The Labute approximate surface area is 153 Å². The highest BCUT2D eigenvalue weighted by Crippen LogP contribution is 2.39. The highest BCUT2D eigenvalue weighted by atomic mass is 32.2. The molecule has 2 aromatic carbocycles. The summed E-state index contributed by atoms with van der Waals surface area (Å²) in [6, 6.07) is 17.0. The van der Waals surface area contributed by atoms with Crippen LogP contribution in [0, 0.1) is 12.7 Å². The number of aromatic nitrogens is 2. The molecule has 4 rings (SSSR count). The lowest BCUT2D eigenvalue weighted by Crippen LogP contribution is -1.92. The molecule has 0 spiro atoms. The first-order valence-corrected chi connectivity index (χ1v) is 9.76. The van der Waals surface area contributed by atoms with E-state index in [0.29, 0.717) is 5.75 Å². The van der Waals surface area contributed by atoms with Gasteiger partial charge in [0.05, 0.1) is 5.39 Å². The first kappa shape index (κ1) is 16.2. The molecule has 0 aliphatic carbocycles. The van der Waals surface area contributed by atoms with Crippen LogP contribution in [0.5, 0.6) is 0 Å². The van der Waals surface area contributed by atoms with Crippen LogP contribution < -0.4 is 0 Å². The summed E-state index contributed by atoms with van der Waals surface area (Å²) in [5.41, 5.74) is 3.27. The number of aryl methyl sites for hydroxylation is 1. The lowest BCUT2D eigenvalue weighted by atomic mass is 10.1. The Morgan fingerprint density at radius 3 is 2.68 bits per heavy atom. The van der Waals surface area contributed by atoms with Crippen LogP contribution in [-0.4, -0.2) is 9.97 Å². The number of rotatable bonds is 4. The molecular weight excluding hydrogens is 351 g/mol. The molecule has 25 heavy (non-hydrogen) atoms. The molecule has 2 aromatic heterocycles. The van der Waals surface area contributed by atoms with Gasteiger partial charge in [0, 0.05) is 16.7 Å². The van der Waals surface area contributed by atoms with E-state index in [4.69, 9.17) is 0 Å². The van der Waals surface area contributed by atoms with E-state index in [-0.39, 0.29) is 5.82 Å². The summed E-state index contributed by atoms with van der Waals surface area (Å²) in [5, 5.41) is 4.18. The van der Waals surface area contributed by atoms with E-state index >= 15 is 0 Å². The van der Waals surface area contributed by atoms with Gasteiger partial charge in [-0.1, -0.05) is 42.5 Å². The zero-order valence-corrected chi connectivity index (χ0v) is 15.2. The van der Waals surface area contributed by atoms with Gasteiger partial charge in [-0.3, -0.25) is 0 Å². The van der Waals surface area contributed by atoms with Gasteiger partial charge in [-0.2, -0.15) is 0 Å². The molecule has 0 unspecified atom stereocenters. The van der Waals surface area contributed by atoms with E-state index in [9.17, 15) is 4.39 Å². The predicted molar refractivity (Wildman–Crippen MR) is 104 cm³/mol. The van der Waals surface area contributed by atoms with E-state index < -0.39 is 0 Å². The standard InChI is InChI=1S/C20H15FN2S2/c1-13-22-19(24-11-14-6-5-9-16(21)10-14)18-17(12-25-20(18)23-13)15-7-3-2-4-8-15/h2-10,12H,11H2,1H3. The third kappa shape index (κ3) is 3.43. The first-order chi connectivity index (χ1) is 12.2. The second-order valence-electron chi connectivity index (χ2n) is 5.69. The Hall–Kier alpha value is -2.24. The Kier molecular flexibility index (Phi) is 4.51. The summed E-state index contributed by atoms with van der Waals surface area (Å²) < 4.78 is 13.4. The third-order valence-corrected chi connectivity index (χ3v) is 5.78. The van der Waals surface area contributed by atoms with Crippen molar-refractivity contribution in [1.29, 1.82) is 0 Å². The quantitative estimate of drug-likeness (QED) is 0.322. The normalized spacial score (nSPS) is 11.1. The van der Waals surface area contributed by atoms with Crippen molar-refractivity contribution < 1.29 is 4.39 Å². The van der Waals surface area contributed by atoms with Gasteiger partial charge in [-0.15, -0.1) is 23.1 Å². The number of thioether (sulfide) groups is 1. The van der Waals surface area contributed by atoms with Gasteiger partial charge in [-0.05, 0) is 30.2 Å². The molecule has 2 nitrogen and oxygen atoms in total. The Morgan fingerprint density at radius 1 is 1.04 bits per heavy atom.